The molecule has 4 atom stereocenters. The van der Waals surface area contributed by atoms with Gasteiger partial charge in [-0.25, -0.2) is 8.42 Å². The molecule has 2 aliphatic carbocycles. The SMILES string of the molecule is C[C@]12CC[C@@H]3c4ccc(S(=O)(=O)Cl)cc4CC[C@H]3[C@@H]1CCO2. The van der Waals surface area contributed by atoms with Crippen molar-refractivity contribution in [3.8, 4) is 0 Å². The van der Waals surface area contributed by atoms with Gasteiger partial charge in [0, 0.05) is 17.3 Å². The Kier molecular flexibility index (Phi) is 3.37. The van der Waals surface area contributed by atoms with Gasteiger partial charge in [-0.2, -0.15) is 0 Å². The van der Waals surface area contributed by atoms with Crippen LogP contribution in [-0.4, -0.2) is 20.6 Å². The summed E-state index contributed by atoms with van der Waals surface area (Å²) >= 11 is 0. The van der Waals surface area contributed by atoms with Crippen LogP contribution in [0.15, 0.2) is 23.1 Å². The van der Waals surface area contributed by atoms with Gasteiger partial charge in [0.15, 0.2) is 0 Å². The maximum Gasteiger partial charge on any atom is 0.261 e. The highest BCUT2D eigenvalue weighted by molar-refractivity contribution is 8.13. The second kappa shape index (κ2) is 4.96. The molecular formula is C17H21ClO3S. The normalized spacial score (nSPS) is 37.3. The monoisotopic (exact) mass is 340 g/mol. The minimum Gasteiger partial charge on any atom is -0.375 e. The molecule has 0 radical (unpaired) electrons. The lowest BCUT2D eigenvalue weighted by molar-refractivity contribution is -0.0566. The standard InChI is InChI=1S/C17H21ClO3S/c1-17-8-6-14-13-5-3-12(22(18,19)20)10-11(13)2-4-15(14)16(17)7-9-21-17/h3,5,10,14-16H,2,4,6-9H2,1H3/t14-,15-,16+,17+/m1/s1. The Bertz CT molecular complexity index is 715. The molecule has 2 fully saturated rings. The van der Waals surface area contributed by atoms with Gasteiger partial charge in [0.25, 0.3) is 9.05 Å². The fourth-order valence-electron chi connectivity index (χ4n) is 5.12. The predicted octanol–water partition coefficient (Wildman–Crippen LogP) is 3.85. The zero-order valence-electron chi connectivity index (χ0n) is 12.7. The molecular weight excluding hydrogens is 320 g/mol. The van der Waals surface area contributed by atoms with Gasteiger partial charge in [-0.15, -0.1) is 0 Å². The third-order valence-electron chi connectivity index (χ3n) is 6.17. The van der Waals surface area contributed by atoms with E-state index in [1.54, 1.807) is 12.1 Å². The molecule has 22 heavy (non-hydrogen) atoms. The van der Waals surface area contributed by atoms with Gasteiger partial charge >= 0.3 is 0 Å². The van der Waals surface area contributed by atoms with Crippen LogP contribution < -0.4 is 0 Å². The lowest BCUT2D eigenvalue weighted by atomic mass is 9.59. The molecule has 0 amide bonds. The summed E-state index contributed by atoms with van der Waals surface area (Å²) < 4.78 is 29.1. The van der Waals surface area contributed by atoms with Crippen molar-refractivity contribution in [1.29, 1.82) is 0 Å². The first-order chi connectivity index (χ1) is 10.4. The number of hydrogen-bond donors (Lipinski definition) is 0. The topological polar surface area (TPSA) is 43.4 Å². The summed E-state index contributed by atoms with van der Waals surface area (Å²) in [6.07, 6.45) is 5.49. The van der Waals surface area contributed by atoms with Crippen molar-refractivity contribution in [2.75, 3.05) is 6.61 Å². The molecule has 120 valence electrons. The smallest absolute Gasteiger partial charge is 0.261 e. The van der Waals surface area contributed by atoms with E-state index < -0.39 is 9.05 Å². The highest BCUT2D eigenvalue weighted by Gasteiger charge is 2.51. The Labute approximate surface area is 136 Å². The van der Waals surface area contributed by atoms with Gasteiger partial charge in [-0.3, -0.25) is 0 Å². The number of aryl methyl sites for hydroxylation is 1. The molecule has 0 spiro atoms. The number of benzene rings is 1. The zero-order chi connectivity index (χ0) is 15.5. The van der Waals surface area contributed by atoms with Gasteiger partial charge in [0.2, 0.25) is 0 Å². The fourth-order valence-corrected chi connectivity index (χ4v) is 5.92. The average molecular weight is 341 g/mol. The first-order valence-corrected chi connectivity index (χ1v) is 10.4. The zero-order valence-corrected chi connectivity index (χ0v) is 14.3. The van der Waals surface area contributed by atoms with E-state index in [0.29, 0.717) is 17.8 Å². The van der Waals surface area contributed by atoms with Crippen molar-refractivity contribution in [2.45, 2.75) is 55.4 Å². The van der Waals surface area contributed by atoms with E-state index in [1.165, 1.54) is 17.5 Å². The van der Waals surface area contributed by atoms with Gasteiger partial charge in [0.05, 0.1) is 10.5 Å². The maximum atomic E-state index is 11.5. The summed E-state index contributed by atoms with van der Waals surface area (Å²) in [7, 11) is 1.85. The summed E-state index contributed by atoms with van der Waals surface area (Å²) in [6, 6.07) is 5.45. The summed E-state index contributed by atoms with van der Waals surface area (Å²) in [5.41, 5.74) is 2.58. The Morgan fingerprint density at radius 1 is 1.27 bits per heavy atom. The van der Waals surface area contributed by atoms with Gasteiger partial charge in [-0.05, 0) is 80.0 Å². The molecule has 3 aliphatic rings. The van der Waals surface area contributed by atoms with Crippen molar-refractivity contribution < 1.29 is 13.2 Å². The summed E-state index contributed by atoms with van der Waals surface area (Å²) in [4.78, 5) is 0.233. The molecule has 1 aromatic rings. The summed E-state index contributed by atoms with van der Waals surface area (Å²) in [5, 5.41) is 0. The molecule has 5 heteroatoms. The molecule has 1 saturated heterocycles. The van der Waals surface area contributed by atoms with Crippen LogP contribution in [0.2, 0.25) is 0 Å². The molecule has 1 saturated carbocycles. The number of fused-ring (bicyclic) bond motifs is 5. The molecule has 0 unspecified atom stereocenters. The lowest BCUT2D eigenvalue weighted by Gasteiger charge is -2.48. The molecule has 1 aliphatic heterocycles. The molecule has 0 aromatic heterocycles. The Morgan fingerprint density at radius 2 is 2.09 bits per heavy atom. The predicted molar refractivity (Wildman–Crippen MR) is 85.7 cm³/mol. The van der Waals surface area contributed by atoms with E-state index in [0.717, 1.165) is 32.3 Å². The largest absolute Gasteiger partial charge is 0.375 e. The molecule has 1 aromatic carbocycles. The van der Waals surface area contributed by atoms with E-state index in [2.05, 4.69) is 6.92 Å². The highest BCUT2D eigenvalue weighted by Crippen LogP contribution is 2.55. The van der Waals surface area contributed by atoms with Crippen LogP contribution in [-0.2, 0) is 20.2 Å². The molecule has 0 bridgehead atoms. The van der Waals surface area contributed by atoms with Gasteiger partial charge < -0.3 is 4.74 Å². The average Bonchev–Trinajstić information content (AvgIpc) is 2.87. The van der Waals surface area contributed by atoms with E-state index in [-0.39, 0.29) is 10.5 Å². The van der Waals surface area contributed by atoms with Crippen LogP contribution in [0.5, 0.6) is 0 Å². The number of halogens is 1. The van der Waals surface area contributed by atoms with E-state index in [9.17, 15) is 8.42 Å². The van der Waals surface area contributed by atoms with Gasteiger partial charge in [-0.1, -0.05) is 6.07 Å². The van der Waals surface area contributed by atoms with Crippen LogP contribution in [0.3, 0.4) is 0 Å². The summed E-state index contributed by atoms with van der Waals surface area (Å²) in [5.74, 6) is 1.87. The van der Waals surface area contributed by atoms with Crippen molar-refractivity contribution in [3.05, 3.63) is 29.3 Å². The third kappa shape index (κ3) is 2.22. The first-order valence-electron chi connectivity index (χ1n) is 8.10. The fraction of sp³-hybridized carbons (Fsp3) is 0.647. The van der Waals surface area contributed by atoms with Crippen LogP contribution in [0.4, 0.5) is 0 Å². The van der Waals surface area contributed by atoms with E-state index in [4.69, 9.17) is 15.4 Å². The number of hydrogen-bond acceptors (Lipinski definition) is 3. The molecule has 3 nitrogen and oxygen atoms in total. The quantitative estimate of drug-likeness (QED) is 0.729. The summed E-state index contributed by atoms with van der Waals surface area (Å²) in [6.45, 7) is 3.17. The van der Waals surface area contributed by atoms with Crippen LogP contribution in [0.1, 0.15) is 49.7 Å². The van der Waals surface area contributed by atoms with Crippen molar-refractivity contribution in [3.63, 3.8) is 0 Å². The molecule has 1 heterocycles. The van der Waals surface area contributed by atoms with E-state index in [1.807, 2.05) is 6.07 Å². The highest BCUT2D eigenvalue weighted by atomic mass is 35.7. The second-order valence-corrected chi connectivity index (χ2v) is 9.77. The number of ether oxygens (including phenoxy) is 1. The Balaban J connectivity index is 1.71. The van der Waals surface area contributed by atoms with Crippen molar-refractivity contribution in [2.24, 2.45) is 11.8 Å². The van der Waals surface area contributed by atoms with Crippen molar-refractivity contribution >= 4 is 19.7 Å². The minimum absolute atomic E-state index is 0.0675. The van der Waals surface area contributed by atoms with Crippen molar-refractivity contribution in [1.82, 2.24) is 0 Å². The molecule has 4 rings (SSSR count). The van der Waals surface area contributed by atoms with Crippen LogP contribution in [0.25, 0.3) is 0 Å². The van der Waals surface area contributed by atoms with Gasteiger partial charge in [0.1, 0.15) is 0 Å². The minimum atomic E-state index is -3.64. The number of rotatable bonds is 1. The lowest BCUT2D eigenvalue weighted by Crippen LogP contribution is -2.44. The Morgan fingerprint density at radius 3 is 2.86 bits per heavy atom. The third-order valence-corrected chi connectivity index (χ3v) is 7.52. The maximum absolute atomic E-state index is 11.5. The first kappa shape index (κ1) is 15.0. The van der Waals surface area contributed by atoms with Crippen LogP contribution in [0, 0.1) is 11.8 Å². The van der Waals surface area contributed by atoms with Crippen LogP contribution >= 0.6 is 10.7 Å². The second-order valence-electron chi connectivity index (χ2n) is 7.20. The Hall–Kier alpha value is -0.580. The van der Waals surface area contributed by atoms with E-state index >= 15 is 0 Å². The molecule has 0 N–H and O–H groups in total.